The molecule has 4 amide bonds. The van der Waals surface area contributed by atoms with Crippen LogP contribution < -0.4 is 10.6 Å². The third-order valence-electron chi connectivity index (χ3n) is 5.67. The van der Waals surface area contributed by atoms with Crippen molar-refractivity contribution in [1.29, 1.82) is 5.26 Å². The first kappa shape index (κ1) is 19.9. The number of nitrogens with one attached hydrogen (secondary N) is 2. The Balaban J connectivity index is 1.79. The van der Waals surface area contributed by atoms with Gasteiger partial charge in [-0.1, -0.05) is 50.1 Å². The quantitative estimate of drug-likeness (QED) is 0.674. The SMILES string of the molecule is CCCCC1(c2ccccc2)NC(=O)N(CC(=O)NC(C)(C#N)C2CC2)C1=O. The molecule has 1 saturated heterocycles. The highest BCUT2D eigenvalue weighted by molar-refractivity contribution is 6.09. The van der Waals surface area contributed by atoms with Crippen LogP contribution in [0.3, 0.4) is 0 Å². The molecule has 1 saturated carbocycles. The maximum atomic E-state index is 13.3. The number of rotatable bonds is 8. The molecule has 0 bridgehead atoms. The van der Waals surface area contributed by atoms with Gasteiger partial charge in [0.2, 0.25) is 5.91 Å². The standard InChI is InChI=1S/C21H26N4O3/c1-3-4-12-21(16-8-6-5-7-9-16)18(27)25(19(28)24-21)13-17(26)23-20(2,14-22)15-10-11-15/h5-9,15H,3-4,10-13H2,1-2H3,(H,23,26)(H,24,28). The van der Waals surface area contributed by atoms with Crippen molar-refractivity contribution in [3.05, 3.63) is 35.9 Å². The summed E-state index contributed by atoms with van der Waals surface area (Å²) in [5, 5.41) is 15.0. The van der Waals surface area contributed by atoms with Crippen molar-refractivity contribution in [1.82, 2.24) is 15.5 Å². The summed E-state index contributed by atoms with van der Waals surface area (Å²) in [7, 11) is 0. The van der Waals surface area contributed by atoms with Crippen LogP contribution in [0.2, 0.25) is 0 Å². The number of carbonyl (C=O) groups excluding carboxylic acids is 3. The van der Waals surface area contributed by atoms with Gasteiger partial charge in [0.15, 0.2) is 0 Å². The van der Waals surface area contributed by atoms with Crippen molar-refractivity contribution in [2.45, 2.75) is 57.0 Å². The van der Waals surface area contributed by atoms with E-state index in [-0.39, 0.29) is 5.92 Å². The Morgan fingerprint density at radius 3 is 2.61 bits per heavy atom. The molecule has 148 valence electrons. The summed E-state index contributed by atoms with van der Waals surface area (Å²) in [4.78, 5) is 39.3. The molecule has 1 aromatic carbocycles. The number of hydrogen-bond donors (Lipinski definition) is 2. The fraction of sp³-hybridized carbons (Fsp3) is 0.524. The molecule has 0 radical (unpaired) electrons. The number of unbranched alkanes of at least 4 members (excludes halogenated alkanes) is 1. The van der Waals surface area contributed by atoms with Crippen molar-refractivity contribution >= 4 is 17.8 Å². The van der Waals surface area contributed by atoms with Crippen molar-refractivity contribution < 1.29 is 14.4 Å². The highest BCUT2D eigenvalue weighted by atomic mass is 16.2. The van der Waals surface area contributed by atoms with Gasteiger partial charge in [0.05, 0.1) is 6.07 Å². The lowest BCUT2D eigenvalue weighted by Gasteiger charge is -2.27. The second-order valence-electron chi connectivity index (χ2n) is 7.83. The van der Waals surface area contributed by atoms with Gasteiger partial charge in [0.25, 0.3) is 5.91 Å². The summed E-state index contributed by atoms with van der Waals surface area (Å²) >= 11 is 0. The smallest absolute Gasteiger partial charge is 0.325 e. The molecule has 2 unspecified atom stereocenters. The first-order chi connectivity index (χ1) is 13.4. The van der Waals surface area contributed by atoms with Crippen LogP contribution >= 0.6 is 0 Å². The van der Waals surface area contributed by atoms with E-state index in [1.807, 2.05) is 37.3 Å². The van der Waals surface area contributed by atoms with Crippen molar-refractivity contribution in [2.24, 2.45) is 5.92 Å². The zero-order valence-electron chi connectivity index (χ0n) is 16.3. The van der Waals surface area contributed by atoms with Crippen molar-refractivity contribution in [2.75, 3.05) is 6.54 Å². The van der Waals surface area contributed by atoms with Crippen LogP contribution in [0.1, 0.15) is 51.5 Å². The monoisotopic (exact) mass is 382 g/mol. The Morgan fingerprint density at radius 2 is 2.04 bits per heavy atom. The minimum Gasteiger partial charge on any atom is -0.336 e. The zero-order valence-corrected chi connectivity index (χ0v) is 16.3. The number of hydrogen-bond acceptors (Lipinski definition) is 4. The van der Waals surface area contributed by atoms with E-state index in [2.05, 4.69) is 16.7 Å². The molecule has 0 aromatic heterocycles. The van der Waals surface area contributed by atoms with Crippen LogP contribution in [0.5, 0.6) is 0 Å². The second-order valence-corrected chi connectivity index (χ2v) is 7.83. The lowest BCUT2D eigenvalue weighted by atomic mass is 9.85. The first-order valence-electron chi connectivity index (χ1n) is 9.78. The molecule has 1 aliphatic carbocycles. The zero-order chi connectivity index (χ0) is 20.4. The molecule has 28 heavy (non-hydrogen) atoms. The molecule has 1 aliphatic heterocycles. The van der Waals surface area contributed by atoms with Crippen LogP contribution in [0, 0.1) is 17.2 Å². The molecular weight excluding hydrogens is 356 g/mol. The van der Waals surface area contributed by atoms with Gasteiger partial charge in [-0.15, -0.1) is 0 Å². The molecule has 2 aliphatic rings. The fourth-order valence-electron chi connectivity index (χ4n) is 3.80. The van der Waals surface area contributed by atoms with E-state index in [9.17, 15) is 19.6 Å². The summed E-state index contributed by atoms with van der Waals surface area (Å²) in [6.07, 6.45) is 3.88. The minimum atomic E-state index is -1.15. The van der Waals surface area contributed by atoms with Gasteiger partial charge in [-0.2, -0.15) is 5.26 Å². The summed E-state index contributed by atoms with van der Waals surface area (Å²) in [5.41, 5.74) is -1.40. The van der Waals surface area contributed by atoms with E-state index < -0.39 is 35.5 Å². The van der Waals surface area contributed by atoms with Crippen LogP contribution in [0.4, 0.5) is 4.79 Å². The number of carbonyl (C=O) groups is 3. The molecular formula is C21H26N4O3. The van der Waals surface area contributed by atoms with Crippen molar-refractivity contribution in [3.63, 3.8) is 0 Å². The Kier molecular flexibility index (Phi) is 5.41. The predicted octanol–water partition coefficient (Wildman–Crippen LogP) is 2.43. The maximum absolute atomic E-state index is 13.3. The predicted molar refractivity (Wildman–Crippen MR) is 103 cm³/mol. The van der Waals surface area contributed by atoms with Gasteiger partial charge in [0, 0.05) is 0 Å². The first-order valence-corrected chi connectivity index (χ1v) is 9.78. The average Bonchev–Trinajstić information content (AvgIpc) is 3.52. The summed E-state index contributed by atoms with van der Waals surface area (Å²) in [6.45, 7) is 3.31. The summed E-state index contributed by atoms with van der Waals surface area (Å²) in [5.74, 6) is -0.797. The number of imide groups is 1. The van der Waals surface area contributed by atoms with Crippen LogP contribution in [0.15, 0.2) is 30.3 Å². The van der Waals surface area contributed by atoms with E-state index in [0.717, 1.165) is 30.6 Å². The largest absolute Gasteiger partial charge is 0.336 e. The number of amides is 4. The van der Waals surface area contributed by atoms with Crippen LogP contribution in [-0.2, 0) is 15.1 Å². The van der Waals surface area contributed by atoms with Gasteiger partial charge in [-0.05, 0) is 37.7 Å². The molecule has 2 atom stereocenters. The summed E-state index contributed by atoms with van der Waals surface area (Å²) in [6, 6.07) is 10.7. The Hall–Kier alpha value is -2.88. The van der Waals surface area contributed by atoms with Gasteiger partial charge in [0.1, 0.15) is 17.6 Å². The number of urea groups is 1. The average molecular weight is 382 g/mol. The van der Waals surface area contributed by atoms with Crippen molar-refractivity contribution in [3.8, 4) is 6.07 Å². The Labute approximate surface area is 165 Å². The lowest BCUT2D eigenvalue weighted by molar-refractivity contribution is -0.135. The van der Waals surface area contributed by atoms with E-state index in [1.165, 1.54) is 0 Å². The molecule has 1 heterocycles. The molecule has 2 fully saturated rings. The van der Waals surface area contributed by atoms with Crippen LogP contribution in [-0.4, -0.2) is 34.8 Å². The third-order valence-corrected chi connectivity index (χ3v) is 5.67. The summed E-state index contributed by atoms with van der Waals surface area (Å²) < 4.78 is 0. The topological polar surface area (TPSA) is 102 Å². The number of nitrogens with zero attached hydrogens (tertiary/aromatic N) is 2. The van der Waals surface area contributed by atoms with E-state index >= 15 is 0 Å². The molecule has 0 spiro atoms. The highest BCUT2D eigenvalue weighted by Gasteiger charge is 2.52. The molecule has 2 N–H and O–H groups in total. The third kappa shape index (κ3) is 3.59. The maximum Gasteiger partial charge on any atom is 0.325 e. The highest BCUT2D eigenvalue weighted by Crippen LogP contribution is 2.39. The van der Waals surface area contributed by atoms with E-state index in [1.54, 1.807) is 6.92 Å². The number of nitriles is 1. The van der Waals surface area contributed by atoms with E-state index in [4.69, 9.17) is 0 Å². The second kappa shape index (κ2) is 7.63. The van der Waals surface area contributed by atoms with Crippen LogP contribution in [0.25, 0.3) is 0 Å². The Bertz CT molecular complexity index is 815. The van der Waals surface area contributed by atoms with Gasteiger partial charge in [-0.25, -0.2) is 4.79 Å². The van der Waals surface area contributed by atoms with Gasteiger partial charge >= 0.3 is 6.03 Å². The normalized spacial score (nSPS) is 23.7. The molecule has 7 heteroatoms. The fourth-order valence-corrected chi connectivity index (χ4v) is 3.80. The number of benzene rings is 1. The minimum absolute atomic E-state index is 0.123. The molecule has 1 aromatic rings. The van der Waals surface area contributed by atoms with Gasteiger partial charge in [-0.3, -0.25) is 14.5 Å². The Morgan fingerprint density at radius 1 is 1.36 bits per heavy atom. The van der Waals surface area contributed by atoms with E-state index in [0.29, 0.717) is 12.0 Å². The molecule has 7 nitrogen and oxygen atoms in total. The lowest BCUT2D eigenvalue weighted by Crippen LogP contribution is -2.51. The van der Waals surface area contributed by atoms with Gasteiger partial charge < -0.3 is 10.6 Å². The molecule has 3 rings (SSSR count).